The number of ether oxygens (including phenoxy) is 3. The van der Waals surface area contributed by atoms with E-state index in [-0.39, 0.29) is 27.7 Å². The molecule has 0 spiro atoms. The van der Waals surface area contributed by atoms with Crippen LogP contribution in [0.4, 0.5) is 11.9 Å². The number of nitrogen functional groups attached to an aromatic ring is 1. The van der Waals surface area contributed by atoms with Crippen LogP contribution in [0, 0.1) is 4.64 Å². The van der Waals surface area contributed by atoms with Crippen molar-refractivity contribution in [2.24, 2.45) is 0 Å². The second-order valence-corrected chi connectivity index (χ2v) is 12.9. The summed E-state index contributed by atoms with van der Waals surface area (Å²) in [5.74, 6) is -0.993. The molecule has 2 saturated heterocycles. The fourth-order valence-electron chi connectivity index (χ4n) is 3.95. The fourth-order valence-corrected chi connectivity index (χ4v) is 7.09. The Morgan fingerprint density at radius 2 is 1.81 bits per heavy atom. The summed E-state index contributed by atoms with van der Waals surface area (Å²) >= 11 is 5.16. The molecule has 2 aliphatic rings. The largest absolute Gasteiger partial charge is 0.756 e. The molecule has 0 radical (unpaired) electrons. The first-order chi connectivity index (χ1) is 19.6. The minimum Gasteiger partial charge on any atom is -0.756 e. The molecular weight excluding hydrogens is 653 g/mol. The second-order valence-electron chi connectivity index (χ2n) is 8.26. The van der Waals surface area contributed by atoms with Gasteiger partial charge in [-0.25, -0.2) is 28.6 Å². The molecule has 0 saturated carbocycles. The van der Waals surface area contributed by atoms with E-state index in [4.69, 9.17) is 37.1 Å². The summed E-state index contributed by atoms with van der Waals surface area (Å²) in [4.78, 5) is 74.1. The molecule has 22 nitrogen and oxygen atoms in total. The van der Waals surface area contributed by atoms with Gasteiger partial charge in [0, 0.05) is 12.4 Å². The molecule has 5 N–H and O–H groups in total. The summed E-state index contributed by atoms with van der Waals surface area (Å²) in [6.45, 7) is -1.00. The minimum atomic E-state index is -6.15. The summed E-state index contributed by atoms with van der Waals surface area (Å²) < 4.78 is 64.4. The van der Waals surface area contributed by atoms with Crippen molar-refractivity contribution in [2.75, 3.05) is 17.7 Å². The van der Waals surface area contributed by atoms with Gasteiger partial charge in [0.05, 0.1) is 12.9 Å². The third-order valence-electron chi connectivity index (χ3n) is 5.40. The zero-order valence-corrected chi connectivity index (χ0v) is 23.7. The van der Waals surface area contributed by atoms with E-state index in [1.165, 1.54) is 29.4 Å². The van der Waals surface area contributed by atoms with Crippen molar-refractivity contribution in [3.05, 3.63) is 29.4 Å². The lowest BCUT2D eigenvalue weighted by atomic mass is 10.1. The molecule has 8 atom stereocenters. The summed E-state index contributed by atoms with van der Waals surface area (Å²) in [6, 6.07) is 1.51. The molecule has 1 amide bonds. The molecule has 0 aliphatic carbocycles. The van der Waals surface area contributed by atoms with Crippen LogP contribution in [0.25, 0.3) is 11.2 Å². The SMILES string of the molecule is Nc1nc(=S)c2ncn(C3OC(COP(=O)([O-])OP(=O)([O-])OP(=O)([O-])O)C4O[C@@H](C(=O)Nc5ncccn5)OC43)c2[nH]1. The average molecular weight is 669 g/mol. The van der Waals surface area contributed by atoms with Gasteiger partial charge in [-0.3, -0.25) is 28.4 Å². The Bertz CT molecular complexity index is 1700. The molecule has 0 bridgehead atoms. The van der Waals surface area contributed by atoms with Gasteiger partial charge in [0.15, 0.2) is 16.8 Å². The molecule has 5 rings (SSSR count). The van der Waals surface area contributed by atoms with Crippen molar-refractivity contribution in [1.29, 1.82) is 0 Å². The van der Waals surface area contributed by atoms with Crippen molar-refractivity contribution in [1.82, 2.24) is 29.5 Å². The molecule has 3 aromatic rings. The first-order valence-corrected chi connectivity index (χ1v) is 15.9. The Morgan fingerprint density at radius 1 is 1.12 bits per heavy atom. The molecule has 3 aromatic heterocycles. The number of aromatic amines is 1. The topological polar surface area (TPSA) is 323 Å². The first kappa shape index (κ1) is 30.9. The number of anilines is 2. The highest BCUT2D eigenvalue weighted by Gasteiger charge is 2.55. The molecular formula is C16H16N8O14P3S-3. The molecule has 2 fully saturated rings. The number of hydrogen-bond donors (Lipinski definition) is 4. The van der Waals surface area contributed by atoms with E-state index in [1.54, 1.807) is 0 Å². The van der Waals surface area contributed by atoms with Crippen LogP contribution in [0.5, 0.6) is 0 Å². The van der Waals surface area contributed by atoms with Gasteiger partial charge >= 0.3 is 0 Å². The zero-order chi connectivity index (χ0) is 30.4. The quantitative estimate of drug-likeness (QED) is 0.133. The lowest BCUT2D eigenvalue weighted by Gasteiger charge is -2.33. The number of rotatable bonds is 10. The van der Waals surface area contributed by atoms with Crippen LogP contribution in [-0.2, 0) is 45.8 Å². The zero-order valence-electron chi connectivity index (χ0n) is 20.2. The molecule has 42 heavy (non-hydrogen) atoms. The summed E-state index contributed by atoms with van der Waals surface area (Å²) in [5.41, 5.74) is 6.17. The number of hydrogen-bond acceptors (Lipinski definition) is 19. The number of phosphoric ester groups is 1. The Morgan fingerprint density at radius 3 is 2.50 bits per heavy atom. The van der Waals surface area contributed by atoms with Crippen LogP contribution in [0.3, 0.4) is 0 Å². The van der Waals surface area contributed by atoms with E-state index in [0.29, 0.717) is 0 Å². The van der Waals surface area contributed by atoms with Crippen LogP contribution >= 0.6 is 35.7 Å². The number of carbonyl (C=O) groups is 1. The highest BCUT2D eigenvalue weighted by atomic mass is 32.1. The van der Waals surface area contributed by atoms with Gasteiger partial charge in [0.1, 0.15) is 29.5 Å². The Hall–Kier alpha value is -2.59. The van der Waals surface area contributed by atoms with Crippen LogP contribution in [0.15, 0.2) is 24.8 Å². The highest BCUT2D eigenvalue weighted by molar-refractivity contribution is 7.71. The number of nitrogens with two attached hydrogens (primary N) is 1. The van der Waals surface area contributed by atoms with Crippen molar-refractivity contribution >= 4 is 64.7 Å². The van der Waals surface area contributed by atoms with E-state index in [2.05, 4.69) is 43.4 Å². The fraction of sp³-hybridized carbons (Fsp3) is 0.375. The third kappa shape index (κ3) is 6.96. The Labute approximate surface area is 237 Å². The normalized spacial score (nSPS) is 28.0. The van der Waals surface area contributed by atoms with E-state index in [1.807, 2.05) is 0 Å². The van der Waals surface area contributed by atoms with Gasteiger partial charge in [-0.05, 0) is 6.07 Å². The monoisotopic (exact) mass is 669 g/mol. The standard InChI is InChI=1S/C16H19N8O14P3S/c17-15-21-10-7(12(42)23-15)20-5-24(10)13-9-8(35-14(36-9)11(25)22-16-18-2-1-3-19-16)6(34-13)4-33-40(29,30)38-41(31,32)37-39(26,27)28/h1-3,5-6,8-9,13-14H,4H2,(H,29,30)(H,31,32)(H2,26,27,28)(H3,17,21,23,42)(H,18,19,22,25)/p-3/t6?,8?,9?,13?,14-/m1/s1. The molecule has 2 aliphatic heterocycles. The molecule has 7 unspecified atom stereocenters. The number of nitrogens with one attached hydrogen (secondary N) is 2. The van der Waals surface area contributed by atoms with Crippen molar-refractivity contribution < 1.29 is 65.4 Å². The summed E-state index contributed by atoms with van der Waals surface area (Å²) in [7, 11) is -17.9. The maximum atomic E-state index is 12.8. The highest BCUT2D eigenvalue weighted by Crippen LogP contribution is 2.61. The second kappa shape index (κ2) is 11.5. The maximum Gasteiger partial charge on any atom is 0.283 e. The summed E-state index contributed by atoms with van der Waals surface area (Å²) in [6.07, 6.45) is -2.59. The number of H-pyrrole nitrogens is 1. The lowest BCUT2D eigenvalue weighted by molar-refractivity contribution is -0.250. The minimum absolute atomic E-state index is 0.0392. The average Bonchev–Trinajstić information content (AvgIpc) is 3.55. The van der Waals surface area contributed by atoms with Gasteiger partial charge in [-0.2, -0.15) is 0 Å². The van der Waals surface area contributed by atoms with Crippen LogP contribution in [0.2, 0.25) is 0 Å². The maximum absolute atomic E-state index is 12.8. The Balaban J connectivity index is 1.38. The lowest BCUT2D eigenvalue weighted by Crippen LogP contribution is -2.34. The van der Waals surface area contributed by atoms with E-state index in [0.717, 1.165) is 0 Å². The van der Waals surface area contributed by atoms with Gasteiger partial charge in [-0.1, -0.05) is 12.2 Å². The van der Waals surface area contributed by atoms with E-state index >= 15 is 0 Å². The van der Waals surface area contributed by atoms with Crippen LogP contribution < -0.4 is 25.7 Å². The van der Waals surface area contributed by atoms with Crippen molar-refractivity contribution in [3.8, 4) is 0 Å². The van der Waals surface area contributed by atoms with Crippen LogP contribution in [-0.4, -0.2) is 71.5 Å². The molecule has 26 heteroatoms. The van der Waals surface area contributed by atoms with Gasteiger partial charge in [0.2, 0.25) is 12.2 Å². The first-order valence-electron chi connectivity index (χ1n) is 11.1. The van der Waals surface area contributed by atoms with Crippen molar-refractivity contribution in [3.63, 3.8) is 0 Å². The van der Waals surface area contributed by atoms with Crippen LogP contribution in [0.1, 0.15) is 6.23 Å². The third-order valence-corrected chi connectivity index (χ3v) is 9.38. The molecule has 228 valence electrons. The number of fused-ring (bicyclic) bond motifs is 2. The number of nitrogens with zero attached hydrogens (tertiary/aromatic N) is 5. The Kier molecular flexibility index (Phi) is 8.44. The smallest absolute Gasteiger partial charge is 0.283 e. The molecule has 5 heterocycles. The van der Waals surface area contributed by atoms with E-state index < -0.39 is 66.8 Å². The van der Waals surface area contributed by atoms with E-state index in [9.17, 15) is 33.2 Å². The number of carbonyl (C=O) groups excluding carboxylic acids is 1. The number of phosphoric acid groups is 3. The number of imidazole rings is 1. The molecule has 0 aromatic carbocycles. The number of amides is 1. The predicted molar refractivity (Wildman–Crippen MR) is 128 cm³/mol. The van der Waals surface area contributed by atoms with Gasteiger partial charge < -0.3 is 49.0 Å². The summed E-state index contributed by atoms with van der Waals surface area (Å²) in [5, 5.41) is 2.37. The predicted octanol–water partition coefficient (Wildman–Crippen LogP) is -2.05. The van der Waals surface area contributed by atoms with Gasteiger partial charge in [0.25, 0.3) is 29.4 Å². The number of aromatic nitrogens is 6. The van der Waals surface area contributed by atoms with Gasteiger partial charge in [-0.15, -0.1) is 0 Å². The van der Waals surface area contributed by atoms with Crippen molar-refractivity contribution in [2.45, 2.75) is 30.8 Å².